The molecule has 0 spiro atoms. The Morgan fingerprint density at radius 3 is 1.55 bits per heavy atom. The van der Waals surface area contributed by atoms with Gasteiger partial charge in [-0.2, -0.15) is 0 Å². The lowest BCUT2D eigenvalue weighted by molar-refractivity contribution is -0.142. The number of aromatic amines is 1. The van der Waals surface area contributed by atoms with Gasteiger partial charge in [-0.3, -0.25) is 38.4 Å². The molecule has 0 bridgehead atoms. The number of primary amides is 1. The summed E-state index contributed by atoms with van der Waals surface area (Å²) in [5.41, 5.74) is 8.79. The smallest absolute Gasteiger partial charge is 0.305 e. The first-order chi connectivity index (χ1) is 31.8. The van der Waals surface area contributed by atoms with Gasteiger partial charge in [0.15, 0.2) is 0 Å². The molecular formula is C50H66N8O9. The van der Waals surface area contributed by atoms with Crippen molar-refractivity contribution >= 4 is 58.2 Å². The van der Waals surface area contributed by atoms with Crippen molar-refractivity contribution in [2.45, 2.75) is 123 Å². The maximum atomic E-state index is 14.3. The minimum Gasteiger partial charge on any atom is -0.481 e. The van der Waals surface area contributed by atoms with Crippen molar-refractivity contribution in [2.75, 3.05) is 0 Å². The molecule has 0 radical (unpaired) electrons. The molecule has 1 aromatic heterocycles. The Morgan fingerprint density at radius 2 is 1.04 bits per heavy atom. The van der Waals surface area contributed by atoms with Crippen LogP contribution < -0.4 is 37.6 Å². The number of nitrogens with two attached hydrogens (primary N) is 1. The molecule has 3 aromatic carbocycles. The lowest BCUT2D eigenvalue weighted by atomic mass is 9.84. The second kappa shape index (κ2) is 25.0. The largest absolute Gasteiger partial charge is 0.481 e. The van der Waals surface area contributed by atoms with Gasteiger partial charge in [-0.15, -0.1) is 0 Å². The maximum Gasteiger partial charge on any atom is 0.305 e. The van der Waals surface area contributed by atoms with Gasteiger partial charge in [0.2, 0.25) is 41.4 Å². The normalized spacial score (nSPS) is 14.9. The van der Waals surface area contributed by atoms with Crippen LogP contribution in [0, 0.1) is 17.8 Å². The molecule has 8 atom stereocenters. The molecule has 67 heavy (non-hydrogen) atoms. The maximum absolute atomic E-state index is 14.3. The summed E-state index contributed by atoms with van der Waals surface area (Å²) < 4.78 is 0. The highest BCUT2D eigenvalue weighted by Crippen LogP contribution is 2.29. The predicted molar refractivity (Wildman–Crippen MR) is 254 cm³/mol. The van der Waals surface area contributed by atoms with E-state index in [9.17, 15) is 43.5 Å². The molecule has 0 aliphatic carbocycles. The number of carbonyl (C=O) groups excluding carboxylic acids is 7. The number of hydrogen-bond donors (Lipinski definition) is 9. The van der Waals surface area contributed by atoms with Crippen molar-refractivity contribution in [1.82, 2.24) is 36.9 Å². The molecule has 0 aliphatic heterocycles. The highest BCUT2D eigenvalue weighted by molar-refractivity contribution is 5.98. The quantitative estimate of drug-likeness (QED) is 0.0470. The first-order valence-electron chi connectivity index (χ1n) is 22.8. The third kappa shape index (κ3) is 15.0. The van der Waals surface area contributed by atoms with E-state index in [4.69, 9.17) is 5.73 Å². The molecule has 7 amide bonds. The zero-order chi connectivity index (χ0) is 49.4. The summed E-state index contributed by atoms with van der Waals surface area (Å²) in [4.78, 5) is 111. The first kappa shape index (κ1) is 52.6. The average molecular weight is 923 g/mol. The van der Waals surface area contributed by atoms with Crippen LogP contribution in [0.5, 0.6) is 0 Å². The molecule has 17 nitrogen and oxygen atoms in total. The molecule has 0 aliphatic rings. The van der Waals surface area contributed by atoms with Crippen molar-refractivity contribution < 1.29 is 43.5 Å². The fraction of sp³-hybridized carbons (Fsp3) is 0.440. The summed E-state index contributed by atoms with van der Waals surface area (Å²) in [5.74, 6) is -8.54. The van der Waals surface area contributed by atoms with Crippen molar-refractivity contribution in [3.05, 3.63) is 108 Å². The summed E-state index contributed by atoms with van der Waals surface area (Å²) in [5, 5.41) is 26.9. The van der Waals surface area contributed by atoms with Crippen molar-refractivity contribution in [2.24, 2.45) is 23.5 Å². The molecule has 17 heteroatoms. The van der Waals surface area contributed by atoms with Crippen molar-refractivity contribution in [3.63, 3.8) is 0 Å². The Hall–Kier alpha value is -7.04. The van der Waals surface area contributed by atoms with E-state index in [2.05, 4.69) is 36.9 Å². The monoisotopic (exact) mass is 922 g/mol. The van der Waals surface area contributed by atoms with Crippen LogP contribution >= 0.6 is 0 Å². The van der Waals surface area contributed by atoms with Crippen LogP contribution in [0.2, 0.25) is 0 Å². The van der Waals surface area contributed by atoms with E-state index in [0.29, 0.717) is 12.8 Å². The van der Waals surface area contributed by atoms with Gasteiger partial charge in [-0.1, -0.05) is 133 Å². The van der Waals surface area contributed by atoms with Gasteiger partial charge in [-0.25, -0.2) is 0 Å². The molecule has 0 fully saturated rings. The van der Waals surface area contributed by atoms with Crippen LogP contribution in [-0.4, -0.2) is 93.7 Å². The number of aliphatic carboxylic acids is 1. The van der Waals surface area contributed by atoms with Crippen LogP contribution in [0.1, 0.15) is 96.8 Å². The summed E-state index contributed by atoms with van der Waals surface area (Å²) in [6.45, 7) is 11.9. The minimum atomic E-state index is -1.71. The highest BCUT2D eigenvalue weighted by Gasteiger charge is 2.38. The number of rotatable bonds is 25. The van der Waals surface area contributed by atoms with Gasteiger partial charge in [0, 0.05) is 36.4 Å². The summed E-state index contributed by atoms with van der Waals surface area (Å²) >= 11 is 0. The second-order valence-corrected chi connectivity index (χ2v) is 17.6. The van der Waals surface area contributed by atoms with Gasteiger partial charge in [0.05, 0.1) is 6.42 Å². The molecule has 0 saturated heterocycles. The van der Waals surface area contributed by atoms with Crippen LogP contribution in [0.3, 0.4) is 0 Å². The van der Waals surface area contributed by atoms with E-state index in [1.54, 1.807) is 27.0 Å². The Bertz CT molecular complexity index is 2300. The van der Waals surface area contributed by atoms with Gasteiger partial charge in [0.25, 0.3) is 0 Å². The second-order valence-electron chi connectivity index (χ2n) is 17.6. The van der Waals surface area contributed by atoms with Crippen LogP contribution in [0.15, 0.2) is 91.1 Å². The summed E-state index contributed by atoms with van der Waals surface area (Å²) in [6.07, 6.45) is 1.81. The first-order valence-corrected chi connectivity index (χ1v) is 22.8. The number of fused-ring (bicyclic) bond motifs is 1. The number of carbonyl (C=O) groups is 8. The van der Waals surface area contributed by atoms with Crippen molar-refractivity contribution in [1.29, 1.82) is 0 Å². The fourth-order valence-electron chi connectivity index (χ4n) is 7.94. The van der Waals surface area contributed by atoms with E-state index < -0.39 is 108 Å². The fourth-order valence-corrected chi connectivity index (χ4v) is 7.94. The average Bonchev–Trinajstić information content (AvgIpc) is 3.70. The summed E-state index contributed by atoms with van der Waals surface area (Å²) in [6, 6.07) is 17.8. The van der Waals surface area contributed by atoms with E-state index in [1.165, 1.54) is 6.92 Å². The standard InChI is InChI=1S/C50H66N8O9/c1-8-29(5)42(48(65)54-37(45(51)62)25-34-27-52-36-23-17-16-22-35(34)36)58-49(66)43(30(6)9-2)57-47(64)39(26-40(60)61)55-46(63)38(24-28(3)4)56-50(67)44(53-31(7)59)41(32-18-12-10-13-19-32)33-20-14-11-15-21-33/h10-23,27-30,37-39,41-44,52H,8-9,24-26H2,1-7H3,(H2,51,62)(H,53,59)(H,54,65)(H,55,63)(H,56,67)(H,57,64)(H,58,66)(H,60,61)/t29-,30-,37-,38-,39-,42-,43-,44-/m0/s1. The Morgan fingerprint density at radius 1 is 0.582 bits per heavy atom. The number of nitrogens with one attached hydrogen (secondary N) is 7. The molecule has 0 unspecified atom stereocenters. The summed E-state index contributed by atoms with van der Waals surface area (Å²) in [7, 11) is 0. The molecule has 10 N–H and O–H groups in total. The van der Waals surface area contributed by atoms with Crippen LogP contribution in [0.4, 0.5) is 0 Å². The Kier molecular flexibility index (Phi) is 19.6. The predicted octanol–water partition coefficient (Wildman–Crippen LogP) is 3.57. The topological polar surface area (TPSA) is 271 Å². The Labute approximate surface area is 391 Å². The zero-order valence-electron chi connectivity index (χ0n) is 39.3. The van der Waals surface area contributed by atoms with Gasteiger partial charge in [-0.05, 0) is 46.9 Å². The SMILES string of the molecule is CC[C@H](C)[C@H](NC(=O)[C@H](CC(=O)O)NC(=O)[C@H](CC(C)C)NC(=O)[C@@H](NC(C)=O)C(c1ccccc1)c1ccccc1)C(=O)N[C@H](C(=O)N[C@@H](Cc1c[nH]c2ccccc12)C(N)=O)[C@@H](C)CC. The van der Waals surface area contributed by atoms with Gasteiger partial charge >= 0.3 is 5.97 Å². The van der Waals surface area contributed by atoms with Gasteiger partial charge in [0.1, 0.15) is 36.3 Å². The molecule has 360 valence electrons. The number of para-hydroxylation sites is 1. The molecule has 0 saturated carbocycles. The van der Waals surface area contributed by atoms with E-state index in [0.717, 1.165) is 27.6 Å². The molecular weight excluding hydrogens is 857 g/mol. The number of benzene rings is 3. The van der Waals surface area contributed by atoms with Crippen molar-refractivity contribution in [3.8, 4) is 0 Å². The molecule has 4 aromatic rings. The Balaban J connectivity index is 1.56. The number of hydrogen-bond acceptors (Lipinski definition) is 8. The minimum absolute atomic E-state index is 0.0719. The van der Waals surface area contributed by atoms with E-state index >= 15 is 0 Å². The molecule has 1 heterocycles. The number of carboxylic acids is 1. The lowest BCUT2D eigenvalue weighted by Crippen LogP contribution is -2.62. The van der Waals surface area contributed by atoms with Gasteiger partial charge < -0.3 is 47.7 Å². The molecule has 4 rings (SSSR count). The third-order valence-electron chi connectivity index (χ3n) is 12.0. The lowest BCUT2D eigenvalue weighted by Gasteiger charge is -2.31. The zero-order valence-corrected chi connectivity index (χ0v) is 39.3. The number of amides is 7. The number of aromatic nitrogens is 1. The van der Waals surface area contributed by atoms with Crippen LogP contribution in [-0.2, 0) is 44.8 Å². The third-order valence-corrected chi connectivity index (χ3v) is 12.0. The number of H-pyrrole nitrogens is 1. The van der Waals surface area contributed by atoms with Crippen LogP contribution in [0.25, 0.3) is 10.9 Å². The highest BCUT2D eigenvalue weighted by atomic mass is 16.4. The van der Waals surface area contributed by atoms with E-state index in [1.807, 2.05) is 106 Å². The number of carboxylic acid groups (broad SMARTS) is 1. The van der Waals surface area contributed by atoms with E-state index in [-0.39, 0.29) is 18.8 Å².